The van der Waals surface area contributed by atoms with Gasteiger partial charge in [-0.15, -0.1) is 0 Å². The number of benzene rings is 1. The Kier molecular flexibility index (Phi) is 1.23. The molecule has 0 spiro atoms. The van der Waals surface area contributed by atoms with Gasteiger partial charge in [0, 0.05) is 22.8 Å². The van der Waals surface area contributed by atoms with Crippen LogP contribution in [-0.4, -0.2) is 4.98 Å². The number of nitrogen functional groups attached to an aromatic ring is 1. The lowest BCUT2D eigenvalue weighted by Crippen LogP contribution is -1.83. The molecule has 0 bridgehead atoms. The maximum Gasteiger partial charge on any atom is 0.0458 e. The lowest BCUT2D eigenvalue weighted by Gasteiger charge is -1.96. The summed E-state index contributed by atoms with van der Waals surface area (Å²) in [4.78, 5) is 3.28. The molecule has 0 unspecified atom stereocenters. The van der Waals surface area contributed by atoms with Gasteiger partial charge in [-0.2, -0.15) is 0 Å². The highest BCUT2D eigenvalue weighted by Gasteiger charge is 2.25. The molecule has 0 amide bonds. The number of nitrogens with one attached hydrogen (secondary N) is 1. The number of nitrogens with two attached hydrogens (primary N) is 1. The van der Waals surface area contributed by atoms with Crippen LogP contribution >= 0.6 is 0 Å². The number of fused-ring (bicyclic) bond motifs is 1. The van der Waals surface area contributed by atoms with Crippen molar-refractivity contribution in [3.05, 3.63) is 30.0 Å². The number of aromatic amines is 1. The first-order valence-corrected chi connectivity index (χ1v) is 4.71. The standard InChI is InChI=1S/C11H12N2/c12-8-3-4-11-9(5-8)10(6-13-11)7-1-2-7/h3-7,13H,1-2,12H2. The van der Waals surface area contributed by atoms with Gasteiger partial charge in [0.15, 0.2) is 0 Å². The summed E-state index contributed by atoms with van der Waals surface area (Å²) in [5.41, 5.74) is 9.27. The Balaban J connectivity index is 2.29. The Morgan fingerprint density at radius 2 is 2.15 bits per heavy atom. The van der Waals surface area contributed by atoms with E-state index in [0.29, 0.717) is 0 Å². The predicted octanol–water partition coefficient (Wildman–Crippen LogP) is 2.63. The van der Waals surface area contributed by atoms with Crippen molar-refractivity contribution in [3.8, 4) is 0 Å². The molecule has 1 aromatic carbocycles. The minimum absolute atomic E-state index is 0.788. The van der Waals surface area contributed by atoms with Crippen LogP contribution in [0.15, 0.2) is 24.4 Å². The molecule has 1 saturated carbocycles. The number of rotatable bonds is 1. The van der Waals surface area contributed by atoms with Gasteiger partial charge in [-0.05, 0) is 42.5 Å². The third-order valence-electron chi connectivity index (χ3n) is 2.75. The highest BCUT2D eigenvalue weighted by atomic mass is 14.7. The minimum Gasteiger partial charge on any atom is -0.399 e. The zero-order valence-electron chi connectivity index (χ0n) is 7.38. The van der Waals surface area contributed by atoms with Crippen LogP contribution in [0.3, 0.4) is 0 Å². The molecule has 3 N–H and O–H groups in total. The fraction of sp³-hybridized carbons (Fsp3) is 0.273. The molecule has 2 aromatic rings. The molecule has 1 aliphatic carbocycles. The highest BCUT2D eigenvalue weighted by Crippen LogP contribution is 2.43. The molecule has 13 heavy (non-hydrogen) atoms. The van der Waals surface area contributed by atoms with E-state index in [1.54, 1.807) is 0 Å². The number of anilines is 1. The highest BCUT2D eigenvalue weighted by molar-refractivity contribution is 5.86. The van der Waals surface area contributed by atoms with Crippen LogP contribution in [-0.2, 0) is 0 Å². The summed E-state index contributed by atoms with van der Waals surface area (Å²) in [6.45, 7) is 0. The van der Waals surface area contributed by atoms with Crippen LogP contribution in [0.5, 0.6) is 0 Å². The molecule has 1 aromatic heterocycles. The van der Waals surface area contributed by atoms with Gasteiger partial charge >= 0.3 is 0 Å². The summed E-state index contributed by atoms with van der Waals surface area (Å²) in [7, 11) is 0. The van der Waals surface area contributed by atoms with Crippen molar-refractivity contribution in [1.29, 1.82) is 0 Å². The average molecular weight is 172 g/mol. The van der Waals surface area contributed by atoms with Crippen molar-refractivity contribution in [2.75, 3.05) is 5.73 Å². The van der Waals surface area contributed by atoms with Crippen molar-refractivity contribution in [2.24, 2.45) is 0 Å². The maximum absolute atomic E-state index is 5.76. The van der Waals surface area contributed by atoms with Crippen molar-refractivity contribution < 1.29 is 0 Å². The minimum atomic E-state index is 0.788. The van der Waals surface area contributed by atoms with Gasteiger partial charge in [0.1, 0.15) is 0 Å². The fourth-order valence-electron chi connectivity index (χ4n) is 1.89. The molecule has 66 valence electrons. The normalized spacial score (nSPS) is 16.6. The zero-order chi connectivity index (χ0) is 8.84. The van der Waals surface area contributed by atoms with E-state index in [4.69, 9.17) is 5.73 Å². The summed E-state index contributed by atoms with van der Waals surface area (Å²) in [5, 5.41) is 1.31. The average Bonchev–Trinajstić information content (AvgIpc) is 2.87. The van der Waals surface area contributed by atoms with Crippen LogP contribution in [0.25, 0.3) is 10.9 Å². The second-order valence-corrected chi connectivity index (χ2v) is 3.82. The van der Waals surface area contributed by atoms with Gasteiger partial charge in [-0.1, -0.05) is 0 Å². The van der Waals surface area contributed by atoms with Crippen molar-refractivity contribution in [2.45, 2.75) is 18.8 Å². The third-order valence-corrected chi connectivity index (χ3v) is 2.75. The van der Waals surface area contributed by atoms with E-state index in [0.717, 1.165) is 11.6 Å². The first-order valence-electron chi connectivity index (χ1n) is 4.71. The molecule has 2 heteroatoms. The Labute approximate surface area is 76.8 Å². The molecule has 0 atom stereocenters. The van der Waals surface area contributed by atoms with E-state index in [9.17, 15) is 0 Å². The Bertz CT molecular complexity index is 452. The van der Waals surface area contributed by atoms with Gasteiger partial charge in [-0.3, -0.25) is 0 Å². The van der Waals surface area contributed by atoms with Crippen molar-refractivity contribution >= 4 is 16.6 Å². The first kappa shape index (κ1) is 7.01. The summed E-state index contributed by atoms with van der Waals surface area (Å²) in [6, 6.07) is 6.06. The molecule has 0 aliphatic heterocycles. The molecule has 1 heterocycles. The Morgan fingerprint density at radius 1 is 1.31 bits per heavy atom. The summed E-state index contributed by atoms with van der Waals surface area (Å²) in [6.07, 6.45) is 4.80. The van der Waals surface area contributed by atoms with Crippen LogP contribution in [0.1, 0.15) is 24.3 Å². The zero-order valence-corrected chi connectivity index (χ0v) is 7.38. The molecule has 0 saturated heterocycles. The van der Waals surface area contributed by atoms with Gasteiger partial charge < -0.3 is 10.7 Å². The van der Waals surface area contributed by atoms with E-state index in [-0.39, 0.29) is 0 Å². The topological polar surface area (TPSA) is 41.8 Å². The van der Waals surface area contributed by atoms with Gasteiger partial charge in [0.2, 0.25) is 0 Å². The summed E-state index contributed by atoms with van der Waals surface area (Å²) >= 11 is 0. The van der Waals surface area contributed by atoms with E-state index in [1.807, 2.05) is 6.07 Å². The fourth-order valence-corrected chi connectivity index (χ4v) is 1.89. The van der Waals surface area contributed by atoms with E-state index >= 15 is 0 Å². The monoisotopic (exact) mass is 172 g/mol. The smallest absolute Gasteiger partial charge is 0.0458 e. The van der Waals surface area contributed by atoms with E-state index in [2.05, 4.69) is 23.3 Å². The molecular weight excluding hydrogens is 160 g/mol. The number of hydrogen-bond acceptors (Lipinski definition) is 1. The molecule has 1 fully saturated rings. The predicted molar refractivity (Wildman–Crippen MR) is 54.7 cm³/mol. The molecule has 3 rings (SSSR count). The van der Waals surface area contributed by atoms with E-state index in [1.165, 1.54) is 29.3 Å². The molecule has 2 nitrogen and oxygen atoms in total. The molecule has 0 radical (unpaired) electrons. The van der Waals surface area contributed by atoms with Crippen molar-refractivity contribution in [3.63, 3.8) is 0 Å². The number of H-pyrrole nitrogens is 1. The molecule has 1 aliphatic rings. The summed E-state index contributed by atoms with van der Waals surface area (Å²) in [5.74, 6) is 0.788. The number of aromatic nitrogens is 1. The first-order chi connectivity index (χ1) is 6.34. The van der Waals surface area contributed by atoms with Gasteiger partial charge in [0.05, 0.1) is 0 Å². The van der Waals surface area contributed by atoms with Gasteiger partial charge in [0.25, 0.3) is 0 Å². The van der Waals surface area contributed by atoms with Gasteiger partial charge in [-0.25, -0.2) is 0 Å². The Morgan fingerprint density at radius 3 is 2.92 bits per heavy atom. The SMILES string of the molecule is Nc1ccc2[nH]cc(C3CC3)c2c1. The third kappa shape index (κ3) is 1.02. The largest absolute Gasteiger partial charge is 0.399 e. The molecular formula is C11H12N2. The summed E-state index contributed by atoms with van der Waals surface area (Å²) < 4.78 is 0. The maximum atomic E-state index is 5.76. The quantitative estimate of drug-likeness (QED) is 0.638. The van der Waals surface area contributed by atoms with Crippen molar-refractivity contribution in [1.82, 2.24) is 4.98 Å². The van der Waals surface area contributed by atoms with Crippen LogP contribution in [0, 0.1) is 0 Å². The Hall–Kier alpha value is -1.44. The van der Waals surface area contributed by atoms with Crippen LogP contribution in [0.2, 0.25) is 0 Å². The van der Waals surface area contributed by atoms with Crippen LogP contribution in [0.4, 0.5) is 5.69 Å². The van der Waals surface area contributed by atoms with E-state index < -0.39 is 0 Å². The number of hydrogen-bond donors (Lipinski definition) is 2. The van der Waals surface area contributed by atoms with Crippen LogP contribution < -0.4 is 5.73 Å². The second-order valence-electron chi connectivity index (χ2n) is 3.82. The second kappa shape index (κ2) is 2.28. The lowest BCUT2D eigenvalue weighted by molar-refractivity contribution is 1.15. The lowest BCUT2D eigenvalue weighted by atomic mass is 10.1.